The fourth-order valence-electron chi connectivity index (χ4n) is 2.89. The number of hydrogen-bond donors (Lipinski definition) is 1. The van der Waals surface area contributed by atoms with Crippen LogP contribution in [0.5, 0.6) is 0 Å². The minimum Gasteiger partial charge on any atom is -0.477 e. The molecule has 1 N–H and O–H groups in total. The average molecular weight is 339 g/mol. The Kier molecular flexibility index (Phi) is 4.35. The molecule has 0 fully saturated rings. The molecule has 3 aromatic rings. The van der Waals surface area contributed by atoms with Gasteiger partial charge in [-0.3, -0.25) is 4.98 Å². The van der Waals surface area contributed by atoms with Gasteiger partial charge in [-0.15, -0.1) is 0 Å². The Morgan fingerprint density at radius 2 is 1.96 bits per heavy atom. The summed E-state index contributed by atoms with van der Waals surface area (Å²) in [6, 6.07) is 7.33. The zero-order valence-electron chi connectivity index (χ0n) is 14.2. The topological polar surface area (TPSA) is 68.0 Å². The van der Waals surface area contributed by atoms with Crippen molar-refractivity contribution in [3.63, 3.8) is 0 Å². The Labute approximate surface area is 144 Å². The number of aromatic carboxylic acids is 1. The van der Waals surface area contributed by atoms with Gasteiger partial charge in [0.2, 0.25) is 0 Å². The molecule has 0 atom stereocenters. The second-order valence-electron chi connectivity index (χ2n) is 6.08. The first-order valence-electron chi connectivity index (χ1n) is 7.84. The van der Waals surface area contributed by atoms with Gasteiger partial charge in [0.1, 0.15) is 11.6 Å². The number of nitrogens with zero attached hydrogens (tertiary/aromatic N) is 3. The average Bonchev–Trinajstić information content (AvgIpc) is 2.87. The molecule has 5 nitrogen and oxygen atoms in total. The van der Waals surface area contributed by atoms with E-state index < -0.39 is 11.8 Å². The molecule has 1 aromatic carbocycles. The van der Waals surface area contributed by atoms with Crippen molar-refractivity contribution < 1.29 is 14.3 Å². The van der Waals surface area contributed by atoms with Crippen LogP contribution in [0.4, 0.5) is 4.39 Å². The van der Waals surface area contributed by atoms with Crippen molar-refractivity contribution in [2.45, 2.75) is 27.3 Å². The van der Waals surface area contributed by atoms with Crippen LogP contribution in [0.25, 0.3) is 11.4 Å². The van der Waals surface area contributed by atoms with Crippen molar-refractivity contribution in [3.8, 4) is 11.4 Å². The van der Waals surface area contributed by atoms with E-state index >= 15 is 0 Å². The van der Waals surface area contributed by atoms with Crippen molar-refractivity contribution in [3.05, 3.63) is 70.6 Å². The van der Waals surface area contributed by atoms with Gasteiger partial charge in [-0.25, -0.2) is 14.2 Å². The summed E-state index contributed by atoms with van der Waals surface area (Å²) in [5, 5.41) is 9.61. The molecule has 0 amide bonds. The summed E-state index contributed by atoms with van der Waals surface area (Å²) in [4.78, 5) is 20.0. The highest BCUT2D eigenvalue weighted by molar-refractivity contribution is 5.88. The third-order valence-corrected chi connectivity index (χ3v) is 4.14. The van der Waals surface area contributed by atoms with E-state index in [1.165, 1.54) is 12.3 Å². The molecule has 0 saturated carbocycles. The lowest BCUT2D eigenvalue weighted by Crippen LogP contribution is -2.12. The lowest BCUT2D eigenvalue weighted by atomic mass is 10.1. The van der Waals surface area contributed by atoms with Gasteiger partial charge >= 0.3 is 5.97 Å². The highest BCUT2D eigenvalue weighted by Crippen LogP contribution is 2.25. The fraction of sp³-hybridized carbons (Fsp3) is 0.211. The molecular formula is C19H18FN3O2. The molecule has 2 heterocycles. The molecule has 0 bridgehead atoms. The maximum absolute atomic E-state index is 13.6. The van der Waals surface area contributed by atoms with Gasteiger partial charge in [0, 0.05) is 11.8 Å². The maximum Gasteiger partial charge on any atom is 0.354 e. The molecule has 25 heavy (non-hydrogen) atoms. The van der Waals surface area contributed by atoms with Crippen molar-refractivity contribution in [1.29, 1.82) is 0 Å². The van der Waals surface area contributed by atoms with E-state index in [0.717, 1.165) is 22.9 Å². The standard InChI is InChI=1S/C19H18FN3O2/c1-11-4-5-12(2)15(6-11)10-23-17(19(24)25)13(3)22-18(23)14-7-16(20)9-21-8-14/h4-9H,10H2,1-3H3,(H,24,25). The Morgan fingerprint density at radius 1 is 1.20 bits per heavy atom. The Hall–Kier alpha value is -3.02. The van der Waals surface area contributed by atoms with Crippen LogP contribution >= 0.6 is 0 Å². The third kappa shape index (κ3) is 3.28. The van der Waals surface area contributed by atoms with Gasteiger partial charge < -0.3 is 9.67 Å². The molecule has 0 aliphatic heterocycles. The summed E-state index contributed by atoms with van der Waals surface area (Å²) in [5.41, 5.74) is 4.06. The van der Waals surface area contributed by atoms with Gasteiger partial charge in [-0.1, -0.05) is 23.8 Å². The summed E-state index contributed by atoms with van der Waals surface area (Å²) < 4.78 is 15.2. The first-order chi connectivity index (χ1) is 11.9. The summed E-state index contributed by atoms with van der Waals surface area (Å²) in [7, 11) is 0. The van der Waals surface area contributed by atoms with E-state index in [9.17, 15) is 14.3 Å². The molecule has 0 radical (unpaired) electrons. The zero-order chi connectivity index (χ0) is 18.1. The molecule has 0 aliphatic carbocycles. The first kappa shape index (κ1) is 16.8. The van der Waals surface area contributed by atoms with Crippen LogP contribution in [0.15, 0.2) is 36.7 Å². The van der Waals surface area contributed by atoms with Crippen LogP contribution in [0.1, 0.15) is 32.9 Å². The zero-order valence-corrected chi connectivity index (χ0v) is 14.2. The van der Waals surface area contributed by atoms with Crippen molar-refractivity contribution in [2.24, 2.45) is 0 Å². The molecular weight excluding hydrogens is 321 g/mol. The third-order valence-electron chi connectivity index (χ3n) is 4.14. The molecule has 0 spiro atoms. The van der Waals surface area contributed by atoms with Gasteiger partial charge in [0.05, 0.1) is 18.4 Å². The van der Waals surface area contributed by atoms with E-state index in [-0.39, 0.29) is 5.69 Å². The number of aromatic nitrogens is 3. The molecule has 0 aliphatic rings. The summed E-state index contributed by atoms with van der Waals surface area (Å²) in [5.74, 6) is -1.16. The van der Waals surface area contributed by atoms with Crippen molar-refractivity contribution >= 4 is 5.97 Å². The summed E-state index contributed by atoms with van der Waals surface area (Å²) in [6.07, 6.45) is 2.59. The lowest BCUT2D eigenvalue weighted by molar-refractivity contribution is 0.0685. The Morgan fingerprint density at radius 3 is 2.64 bits per heavy atom. The van der Waals surface area contributed by atoms with E-state index in [2.05, 4.69) is 9.97 Å². The predicted molar refractivity (Wildman–Crippen MR) is 92.1 cm³/mol. The van der Waals surface area contributed by atoms with Crippen LogP contribution in [-0.4, -0.2) is 25.6 Å². The molecule has 6 heteroatoms. The predicted octanol–water partition coefficient (Wildman–Crippen LogP) is 3.76. The van der Waals surface area contributed by atoms with Crippen LogP contribution in [-0.2, 0) is 6.54 Å². The van der Waals surface area contributed by atoms with Crippen molar-refractivity contribution in [2.75, 3.05) is 0 Å². The van der Waals surface area contributed by atoms with Gasteiger partial charge in [0.15, 0.2) is 5.69 Å². The molecule has 0 saturated heterocycles. The first-order valence-corrected chi connectivity index (χ1v) is 7.84. The number of hydrogen-bond acceptors (Lipinski definition) is 3. The van der Waals surface area contributed by atoms with Crippen LogP contribution in [0.2, 0.25) is 0 Å². The SMILES string of the molecule is Cc1ccc(C)c(Cn2c(-c3cncc(F)c3)nc(C)c2C(=O)O)c1. The van der Waals surface area contributed by atoms with E-state index in [1.807, 2.05) is 32.0 Å². The number of pyridine rings is 1. The highest BCUT2D eigenvalue weighted by Gasteiger charge is 2.22. The number of rotatable bonds is 4. The monoisotopic (exact) mass is 339 g/mol. The largest absolute Gasteiger partial charge is 0.477 e. The number of aryl methyl sites for hydroxylation is 3. The van der Waals surface area contributed by atoms with Crippen LogP contribution < -0.4 is 0 Å². The highest BCUT2D eigenvalue weighted by atomic mass is 19.1. The molecule has 3 rings (SSSR count). The molecule has 128 valence electrons. The number of carbonyl (C=O) groups is 1. The second kappa shape index (κ2) is 6.47. The number of carboxylic acid groups (broad SMARTS) is 1. The summed E-state index contributed by atoms with van der Waals surface area (Å²) in [6.45, 7) is 5.93. The lowest BCUT2D eigenvalue weighted by Gasteiger charge is -2.13. The van der Waals surface area contributed by atoms with E-state index in [0.29, 0.717) is 23.6 Å². The van der Waals surface area contributed by atoms with Crippen molar-refractivity contribution in [1.82, 2.24) is 14.5 Å². The maximum atomic E-state index is 13.6. The second-order valence-corrected chi connectivity index (χ2v) is 6.08. The van der Waals surface area contributed by atoms with Gasteiger partial charge in [-0.2, -0.15) is 0 Å². The smallest absolute Gasteiger partial charge is 0.354 e. The minimum absolute atomic E-state index is 0.0974. The van der Waals surface area contributed by atoms with Gasteiger partial charge in [0.25, 0.3) is 0 Å². The normalized spacial score (nSPS) is 10.9. The Bertz CT molecular complexity index is 963. The number of benzene rings is 1. The van der Waals surface area contributed by atoms with E-state index in [4.69, 9.17) is 0 Å². The summed E-state index contributed by atoms with van der Waals surface area (Å²) >= 11 is 0. The van der Waals surface area contributed by atoms with Crippen LogP contribution in [0.3, 0.4) is 0 Å². The molecule has 0 unspecified atom stereocenters. The Balaban J connectivity index is 2.19. The van der Waals surface area contributed by atoms with Crippen LogP contribution in [0, 0.1) is 26.6 Å². The number of imidazole rings is 1. The fourth-order valence-corrected chi connectivity index (χ4v) is 2.89. The van der Waals surface area contributed by atoms with E-state index in [1.54, 1.807) is 11.5 Å². The minimum atomic E-state index is -1.06. The number of carboxylic acids is 1. The molecule has 2 aromatic heterocycles. The quantitative estimate of drug-likeness (QED) is 0.786. The van der Waals surface area contributed by atoms with Gasteiger partial charge in [-0.05, 0) is 38.0 Å². The number of halogens is 1.